The van der Waals surface area contributed by atoms with Crippen molar-refractivity contribution in [1.82, 2.24) is 0 Å². The van der Waals surface area contributed by atoms with Crippen LogP contribution in [-0.4, -0.2) is 12.4 Å². The van der Waals surface area contributed by atoms with Gasteiger partial charge < -0.3 is 9.53 Å². The van der Waals surface area contributed by atoms with Gasteiger partial charge >= 0.3 is 0 Å². The highest BCUT2D eigenvalue weighted by atomic mass is 16.5. The first-order valence-corrected chi connectivity index (χ1v) is 7.12. The van der Waals surface area contributed by atoms with Gasteiger partial charge in [-0.1, -0.05) is 31.5 Å². The zero-order valence-electron chi connectivity index (χ0n) is 12.9. The third-order valence-corrected chi connectivity index (χ3v) is 3.03. The second-order valence-corrected chi connectivity index (χ2v) is 5.83. The molecule has 1 aromatic carbocycles. The van der Waals surface area contributed by atoms with Crippen LogP contribution in [0, 0.1) is 19.8 Å². The topological polar surface area (TPSA) is 26.3 Å². The molecule has 0 radical (unpaired) electrons. The first-order valence-electron chi connectivity index (χ1n) is 7.12. The molecule has 0 amide bonds. The molecule has 106 valence electrons. The van der Waals surface area contributed by atoms with E-state index in [0.717, 1.165) is 25.2 Å². The summed E-state index contributed by atoms with van der Waals surface area (Å²) in [7, 11) is 0. The smallest absolute Gasteiger partial charge is 0.129 e. The molecule has 2 heteroatoms. The SMILES string of the molecule is CC(=O)CCCc1cc(C)cc(C)c1OCC(C)C. The van der Waals surface area contributed by atoms with Crippen LogP contribution >= 0.6 is 0 Å². The molecule has 19 heavy (non-hydrogen) atoms. The number of hydrogen-bond donors (Lipinski definition) is 0. The number of benzene rings is 1. The molecule has 0 saturated heterocycles. The maximum absolute atomic E-state index is 11.0. The Morgan fingerprint density at radius 3 is 2.53 bits per heavy atom. The summed E-state index contributed by atoms with van der Waals surface area (Å²) in [6, 6.07) is 4.34. The van der Waals surface area contributed by atoms with E-state index < -0.39 is 0 Å². The monoisotopic (exact) mass is 262 g/mol. The molecular formula is C17H26O2. The van der Waals surface area contributed by atoms with Crippen molar-refractivity contribution in [2.24, 2.45) is 5.92 Å². The Labute approximate surface area is 117 Å². The van der Waals surface area contributed by atoms with Crippen LogP contribution in [-0.2, 0) is 11.2 Å². The first-order chi connectivity index (χ1) is 8.90. The molecule has 0 unspecified atom stereocenters. The normalized spacial score (nSPS) is 10.8. The van der Waals surface area contributed by atoms with E-state index in [0.29, 0.717) is 12.3 Å². The minimum absolute atomic E-state index is 0.258. The van der Waals surface area contributed by atoms with Crippen molar-refractivity contribution in [3.05, 3.63) is 28.8 Å². The van der Waals surface area contributed by atoms with E-state index >= 15 is 0 Å². The number of ketones is 1. The van der Waals surface area contributed by atoms with Gasteiger partial charge in [-0.25, -0.2) is 0 Å². The third-order valence-electron chi connectivity index (χ3n) is 3.03. The van der Waals surface area contributed by atoms with Crippen LogP contribution < -0.4 is 4.74 Å². The van der Waals surface area contributed by atoms with Crippen molar-refractivity contribution in [2.75, 3.05) is 6.61 Å². The highest BCUT2D eigenvalue weighted by molar-refractivity contribution is 5.75. The second kappa shape index (κ2) is 7.32. The predicted molar refractivity (Wildman–Crippen MR) is 79.9 cm³/mol. The van der Waals surface area contributed by atoms with Crippen molar-refractivity contribution in [3.63, 3.8) is 0 Å². The summed E-state index contributed by atoms with van der Waals surface area (Å²) in [6.07, 6.45) is 2.46. The summed E-state index contributed by atoms with van der Waals surface area (Å²) in [5, 5.41) is 0. The van der Waals surface area contributed by atoms with Gasteiger partial charge in [0.2, 0.25) is 0 Å². The van der Waals surface area contributed by atoms with Gasteiger partial charge in [-0.2, -0.15) is 0 Å². The van der Waals surface area contributed by atoms with Crippen molar-refractivity contribution in [1.29, 1.82) is 0 Å². The Bertz CT molecular complexity index is 433. The number of carbonyl (C=O) groups is 1. The van der Waals surface area contributed by atoms with Crippen molar-refractivity contribution in [3.8, 4) is 5.75 Å². The molecule has 2 nitrogen and oxygen atoms in total. The van der Waals surface area contributed by atoms with Gasteiger partial charge in [-0.05, 0) is 50.7 Å². The summed E-state index contributed by atoms with van der Waals surface area (Å²) in [4.78, 5) is 11.0. The quantitative estimate of drug-likeness (QED) is 0.734. The lowest BCUT2D eigenvalue weighted by Crippen LogP contribution is -2.08. The molecule has 1 aromatic rings. The zero-order chi connectivity index (χ0) is 14.4. The Morgan fingerprint density at radius 1 is 1.26 bits per heavy atom. The summed E-state index contributed by atoms with van der Waals surface area (Å²) < 4.78 is 5.96. The van der Waals surface area contributed by atoms with Gasteiger partial charge in [0.05, 0.1) is 6.61 Å². The van der Waals surface area contributed by atoms with E-state index in [4.69, 9.17) is 4.74 Å². The van der Waals surface area contributed by atoms with Crippen LogP contribution in [0.15, 0.2) is 12.1 Å². The van der Waals surface area contributed by atoms with Crippen LogP contribution in [0.25, 0.3) is 0 Å². The minimum Gasteiger partial charge on any atom is -0.493 e. The van der Waals surface area contributed by atoms with Gasteiger partial charge in [-0.3, -0.25) is 0 Å². The fourth-order valence-corrected chi connectivity index (χ4v) is 2.21. The van der Waals surface area contributed by atoms with E-state index in [-0.39, 0.29) is 5.78 Å². The fourth-order valence-electron chi connectivity index (χ4n) is 2.21. The Kier molecular flexibility index (Phi) is 6.07. The lowest BCUT2D eigenvalue weighted by molar-refractivity contribution is -0.117. The standard InChI is InChI=1S/C17H26O2/c1-12(2)11-19-17-14(4)9-13(3)10-16(17)8-6-7-15(5)18/h9-10,12H,6-8,11H2,1-5H3. The van der Waals surface area contributed by atoms with E-state index in [2.05, 4.69) is 39.8 Å². The average molecular weight is 262 g/mol. The number of hydrogen-bond acceptors (Lipinski definition) is 2. The molecule has 0 heterocycles. The number of Topliss-reactive ketones (excluding diaryl/α,β-unsaturated/α-hetero) is 1. The molecule has 0 aromatic heterocycles. The molecule has 0 aliphatic rings. The predicted octanol–water partition coefficient (Wildman–Crippen LogP) is 4.25. The van der Waals surface area contributed by atoms with Gasteiger partial charge in [0, 0.05) is 6.42 Å². The Balaban J connectivity index is 2.83. The van der Waals surface area contributed by atoms with E-state index in [1.165, 1.54) is 16.7 Å². The van der Waals surface area contributed by atoms with Gasteiger partial charge in [0.1, 0.15) is 11.5 Å². The van der Waals surface area contributed by atoms with Crippen LogP contribution in [0.1, 0.15) is 50.3 Å². The third kappa shape index (κ3) is 5.46. The van der Waals surface area contributed by atoms with Crippen LogP contribution in [0.3, 0.4) is 0 Å². The summed E-state index contributed by atoms with van der Waals surface area (Å²) in [6.45, 7) is 10.9. The summed E-state index contributed by atoms with van der Waals surface area (Å²) in [5.74, 6) is 1.79. The number of carbonyl (C=O) groups excluding carboxylic acids is 1. The number of rotatable bonds is 7. The fraction of sp³-hybridized carbons (Fsp3) is 0.588. The Hall–Kier alpha value is -1.31. The Morgan fingerprint density at radius 2 is 1.95 bits per heavy atom. The summed E-state index contributed by atoms with van der Waals surface area (Å²) >= 11 is 0. The lowest BCUT2D eigenvalue weighted by atomic mass is 10.0. The zero-order valence-corrected chi connectivity index (χ0v) is 12.9. The lowest BCUT2D eigenvalue weighted by Gasteiger charge is -2.16. The number of ether oxygens (including phenoxy) is 1. The molecule has 0 bridgehead atoms. The molecule has 0 saturated carbocycles. The van der Waals surface area contributed by atoms with Crippen molar-refractivity contribution >= 4 is 5.78 Å². The van der Waals surface area contributed by atoms with E-state index in [1.54, 1.807) is 6.92 Å². The molecule has 0 spiro atoms. The van der Waals surface area contributed by atoms with Crippen LogP contribution in [0.5, 0.6) is 5.75 Å². The van der Waals surface area contributed by atoms with Crippen molar-refractivity contribution < 1.29 is 9.53 Å². The van der Waals surface area contributed by atoms with Gasteiger partial charge in [0.15, 0.2) is 0 Å². The molecule has 0 aliphatic heterocycles. The van der Waals surface area contributed by atoms with Gasteiger partial charge in [-0.15, -0.1) is 0 Å². The maximum Gasteiger partial charge on any atom is 0.129 e. The maximum atomic E-state index is 11.0. The number of aryl methyl sites for hydroxylation is 3. The molecule has 1 rings (SSSR count). The van der Waals surface area contributed by atoms with Crippen LogP contribution in [0.2, 0.25) is 0 Å². The molecule has 0 aliphatic carbocycles. The summed E-state index contributed by atoms with van der Waals surface area (Å²) in [5.41, 5.74) is 3.69. The minimum atomic E-state index is 0.258. The molecular weight excluding hydrogens is 236 g/mol. The van der Waals surface area contributed by atoms with Crippen molar-refractivity contribution in [2.45, 2.75) is 53.9 Å². The van der Waals surface area contributed by atoms with Crippen LogP contribution in [0.4, 0.5) is 0 Å². The van der Waals surface area contributed by atoms with E-state index in [9.17, 15) is 4.79 Å². The second-order valence-electron chi connectivity index (χ2n) is 5.83. The van der Waals surface area contributed by atoms with E-state index in [1.807, 2.05) is 0 Å². The highest BCUT2D eigenvalue weighted by Crippen LogP contribution is 2.27. The average Bonchev–Trinajstić information content (AvgIpc) is 2.26. The molecule has 0 atom stereocenters. The molecule has 0 fully saturated rings. The largest absolute Gasteiger partial charge is 0.493 e. The molecule has 0 N–H and O–H groups in total. The highest BCUT2D eigenvalue weighted by Gasteiger charge is 2.10. The first kappa shape index (κ1) is 15.7. The van der Waals surface area contributed by atoms with Gasteiger partial charge in [0.25, 0.3) is 0 Å².